The molecule has 8 nitrogen and oxygen atoms in total. The van der Waals surface area contributed by atoms with Crippen LogP contribution in [0, 0.1) is 17.1 Å². The first kappa shape index (κ1) is 32.1. The fourth-order valence-corrected chi connectivity index (χ4v) is 4.13. The number of nitrogens with one attached hydrogen (secondary N) is 1. The summed E-state index contributed by atoms with van der Waals surface area (Å²) in [4.78, 5) is 19.4. The third-order valence-corrected chi connectivity index (χ3v) is 5.80. The predicted molar refractivity (Wildman–Crippen MR) is 160 cm³/mol. The van der Waals surface area contributed by atoms with Gasteiger partial charge in [-0.05, 0) is 63.3 Å². The van der Waals surface area contributed by atoms with E-state index in [2.05, 4.69) is 4.99 Å². The molecular formula is C31H42FN5O3. The van der Waals surface area contributed by atoms with Gasteiger partial charge >= 0.3 is 0 Å². The van der Waals surface area contributed by atoms with Gasteiger partial charge in [-0.15, -0.1) is 0 Å². The number of ether oxygens (including phenoxy) is 2. The third kappa shape index (κ3) is 7.49. The van der Waals surface area contributed by atoms with E-state index in [1.165, 1.54) is 18.5 Å². The van der Waals surface area contributed by atoms with Crippen molar-refractivity contribution >= 4 is 23.8 Å². The number of methoxy groups -OCH3 is 1. The summed E-state index contributed by atoms with van der Waals surface area (Å²) in [5, 5.41) is 11.2. The summed E-state index contributed by atoms with van der Waals surface area (Å²) in [6, 6.07) is 5.22. The summed E-state index contributed by atoms with van der Waals surface area (Å²) in [7, 11) is 1.60. The van der Waals surface area contributed by atoms with Crippen LogP contribution in [0.1, 0.15) is 48.5 Å². The molecule has 1 aliphatic carbocycles. The molecular weight excluding hydrogens is 509 g/mol. The largest absolute Gasteiger partial charge is 0.495 e. The molecule has 2 atom stereocenters. The van der Waals surface area contributed by atoms with Crippen LogP contribution in [0.25, 0.3) is 0 Å². The number of anilines is 1. The molecule has 1 saturated heterocycles. The Balaban J connectivity index is 0.00000134. The maximum atomic E-state index is 13.5. The number of rotatable bonds is 6. The van der Waals surface area contributed by atoms with Crippen LogP contribution in [-0.4, -0.2) is 54.3 Å². The second kappa shape index (κ2) is 15.5. The SMILES string of the molecule is CC.CC.COC1=C(N(C=N)C=C(C)C)C=CC(/C=C2\OCCN3C2=NC(C)C(=O)N3c2ccc(F)cc2)C=C1. The average Bonchev–Trinajstić information content (AvgIpc) is 3.17. The van der Waals surface area contributed by atoms with E-state index in [9.17, 15) is 9.18 Å². The molecule has 0 bridgehead atoms. The van der Waals surface area contributed by atoms with E-state index in [1.807, 2.05) is 78.1 Å². The number of hydrogen-bond donors (Lipinski definition) is 1. The van der Waals surface area contributed by atoms with Crippen LogP contribution in [0.5, 0.6) is 0 Å². The highest BCUT2D eigenvalue weighted by molar-refractivity contribution is 6.09. The summed E-state index contributed by atoms with van der Waals surface area (Å²) in [5.74, 6) is 1.02. The van der Waals surface area contributed by atoms with Crippen molar-refractivity contribution in [3.05, 3.63) is 89.5 Å². The molecule has 9 heteroatoms. The minimum absolute atomic E-state index is 0.156. The molecule has 2 heterocycles. The maximum Gasteiger partial charge on any atom is 0.270 e. The zero-order valence-electron chi connectivity index (χ0n) is 24.8. The number of halogens is 1. The molecule has 1 amide bonds. The van der Waals surface area contributed by atoms with Gasteiger partial charge in [0.2, 0.25) is 0 Å². The Kier molecular flexibility index (Phi) is 12.4. The minimum atomic E-state index is -0.620. The van der Waals surface area contributed by atoms with Crippen molar-refractivity contribution in [3.63, 3.8) is 0 Å². The molecule has 2 aliphatic heterocycles. The van der Waals surface area contributed by atoms with E-state index in [0.717, 1.165) is 11.3 Å². The van der Waals surface area contributed by atoms with E-state index >= 15 is 0 Å². The van der Waals surface area contributed by atoms with E-state index in [0.29, 0.717) is 36.2 Å². The average molecular weight is 552 g/mol. The standard InChI is InChI=1S/C27H30FN5O3.2C2H6/c1-18(2)16-31(17-29)23-11-5-20(6-12-24(23)35-4)15-25-26-30-19(3)27(34)33(32(26)13-14-36-25)22-9-7-21(28)8-10-22;2*1-2/h5-12,15-17,19-20,29H,13-14H2,1-4H3;2*1-2H3/b25-15-,29-17?;;. The number of amides is 1. The van der Waals surface area contributed by atoms with Gasteiger partial charge in [-0.25, -0.2) is 9.40 Å². The zero-order chi connectivity index (χ0) is 29.8. The number of hydrogen-bond acceptors (Lipinski definition) is 6. The summed E-state index contributed by atoms with van der Waals surface area (Å²) in [5.41, 5.74) is 2.34. The van der Waals surface area contributed by atoms with E-state index in [-0.39, 0.29) is 17.6 Å². The third-order valence-electron chi connectivity index (χ3n) is 5.80. The van der Waals surface area contributed by atoms with Crippen molar-refractivity contribution in [1.82, 2.24) is 9.91 Å². The van der Waals surface area contributed by atoms with Gasteiger partial charge in [0.1, 0.15) is 24.2 Å². The van der Waals surface area contributed by atoms with Crippen LogP contribution < -0.4 is 5.01 Å². The van der Waals surface area contributed by atoms with Crippen molar-refractivity contribution in [1.29, 1.82) is 5.41 Å². The Labute approximate surface area is 237 Å². The lowest BCUT2D eigenvalue weighted by Gasteiger charge is -2.43. The fourth-order valence-electron chi connectivity index (χ4n) is 4.13. The smallest absolute Gasteiger partial charge is 0.270 e. The number of morpholine rings is 1. The van der Waals surface area contributed by atoms with Gasteiger partial charge in [0.05, 0.1) is 31.4 Å². The van der Waals surface area contributed by atoms with Crippen molar-refractivity contribution in [2.75, 3.05) is 25.3 Å². The molecule has 1 aromatic rings. The van der Waals surface area contributed by atoms with Gasteiger partial charge < -0.3 is 14.4 Å². The van der Waals surface area contributed by atoms with Crippen LogP contribution >= 0.6 is 0 Å². The van der Waals surface area contributed by atoms with Crippen LogP contribution in [0.2, 0.25) is 0 Å². The first-order valence-electron chi connectivity index (χ1n) is 13.7. The lowest BCUT2D eigenvalue weighted by Crippen LogP contribution is -2.59. The first-order chi connectivity index (χ1) is 19.3. The first-order valence-corrected chi connectivity index (χ1v) is 13.7. The van der Waals surface area contributed by atoms with Gasteiger partial charge in [0.25, 0.3) is 5.91 Å². The molecule has 3 aliphatic rings. The van der Waals surface area contributed by atoms with Crippen molar-refractivity contribution in [2.45, 2.75) is 54.5 Å². The Bertz CT molecular complexity index is 1210. The topological polar surface area (TPSA) is 81.5 Å². The highest BCUT2D eigenvalue weighted by Crippen LogP contribution is 2.29. The Morgan fingerprint density at radius 1 is 1.15 bits per heavy atom. The lowest BCUT2D eigenvalue weighted by atomic mass is 10.1. The van der Waals surface area contributed by atoms with Crippen molar-refractivity contribution in [2.24, 2.45) is 10.9 Å². The van der Waals surface area contributed by atoms with E-state index < -0.39 is 6.04 Å². The number of carbonyl (C=O) groups excluding carboxylic acids is 1. The normalized spacial score (nSPS) is 20.6. The van der Waals surface area contributed by atoms with Gasteiger partial charge in [0.15, 0.2) is 11.6 Å². The van der Waals surface area contributed by atoms with Crippen LogP contribution in [0.4, 0.5) is 10.1 Å². The molecule has 0 saturated carbocycles. The number of carbonyl (C=O) groups is 1. The molecule has 1 N–H and O–H groups in total. The number of allylic oxidation sites excluding steroid dienone is 6. The second-order valence-electron chi connectivity index (χ2n) is 8.75. The fraction of sp³-hybridized carbons (Fsp3) is 0.387. The number of aliphatic imine (C=N–C) groups is 1. The molecule has 4 rings (SSSR count). The summed E-state index contributed by atoms with van der Waals surface area (Å²) >= 11 is 0. The highest BCUT2D eigenvalue weighted by atomic mass is 19.1. The molecule has 2 unspecified atom stereocenters. The van der Waals surface area contributed by atoms with Crippen molar-refractivity contribution < 1.29 is 18.7 Å². The number of nitrogens with zero attached hydrogens (tertiary/aromatic N) is 4. The van der Waals surface area contributed by atoms with E-state index in [4.69, 9.17) is 14.9 Å². The quantitative estimate of drug-likeness (QED) is 0.319. The van der Waals surface area contributed by atoms with Crippen LogP contribution in [0.15, 0.2) is 88.6 Å². The Morgan fingerprint density at radius 2 is 1.80 bits per heavy atom. The summed E-state index contributed by atoms with van der Waals surface area (Å²) in [6.07, 6.45) is 12.8. The minimum Gasteiger partial charge on any atom is -0.495 e. The Hall–Kier alpha value is -4.14. The lowest BCUT2D eigenvalue weighted by molar-refractivity contribution is -0.122. The number of hydrazine groups is 1. The monoisotopic (exact) mass is 551 g/mol. The second-order valence-corrected chi connectivity index (χ2v) is 8.75. The predicted octanol–water partition coefficient (Wildman–Crippen LogP) is 6.58. The van der Waals surface area contributed by atoms with Crippen molar-refractivity contribution in [3.8, 4) is 0 Å². The molecule has 0 spiro atoms. The van der Waals surface area contributed by atoms with Crippen LogP contribution in [0.3, 0.4) is 0 Å². The molecule has 40 heavy (non-hydrogen) atoms. The molecule has 216 valence electrons. The van der Waals surface area contributed by atoms with Gasteiger partial charge in [-0.2, -0.15) is 0 Å². The van der Waals surface area contributed by atoms with Crippen LogP contribution in [-0.2, 0) is 14.3 Å². The number of fused-ring (bicyclic) bond motifs is 1. The summed E-state index contributed by atoms with van der Waals surface area (Å²) < 4.78 is 25.1. The van der Waals surface area contributed by atoms with Gasteiger partial charge in [0, 0.05) is 12.1 Å². The number of benzene rings is 1. The maximum absolute atomic E-state index is 13.5. The highest BCUT2D eigenvalue weighted by Gasteiger charge is 2.38. The molecule has 1 aromatic carbocycles. The molecule has 1 fully saturated rings. The van der Waals surface area contributed by atoms with Gasteiger partial charge in [-0.1, -0.05) is 45.4 Å². The zero-order valence-corrected chi connectivity index (χ0v) is 24.8. The molecule has 0 aromatic heterocycles. The summed E-state index contributed by atoms with van der Waals surface area (Å²) in [6.45, 7) is 14.4. The number of amidine groups is 1. The molecule has 0 radical (unpaired) electrons. The van der Waals surface area contributed by atoms with Gasteiger partial charge in [-0.3, -0.25) is 20.2 Å². The van der Waals surface area contributed by atoms with E-state index in [1.54, 1.807) is 41.1 Å². The Morgan fingerprint density at radius 3 is 2.40 bits per heavy atom.